The predicted octanol–water partition coefficient (Wildman–Crippen LogP) is 3.47. The lowest BCUT2D eigenvalue weighted by Crippen LogP contribution is -1.90. The van der Waals surface area contributed by atoms with Gasteiger partial charge in [-0.3, -0.25) is 4.79 Å². The van der Waals surface area contributed by atoms with Crippen molar-refractivity contribution in [1.29, 1.82) is 0 Å². The van der Waals surface area contributed by atoms with Crippen LogP contribution in [0.1, 0.15) is 28.4 Å². The molecule has 2 rings (SSSR count). The van der Waals surface area contributed by atoms with E-state index in [0.29, 0.717) is 11.1 Å². The zero-order chi connectivity index (χ0) is 13.8. The van der Waals surface area contributed by atoms with E-state index in [0.717, 1.165) is 5.56 Å². The highest BCUT2D eigenvalue weighted by atomic mass is 16.3. The van der Waals surface area contributed by atoms with Gasteiger partial charge in [0, 0.05) is 11.6 Å². The Morgan fingerprint density at radius 3 is 1.95 bits per heavy atom. The van der Waals surface area contributed by atoms with E-state index < -0.39 is 0 Å². The number of carbonyl (C=O) groups is 1. The van der Waals surface area contributed by atoms with E-state index in [-0.39, 0.29) is 17.3 Å². The number of carbonyl (C=O) groups excluding carboxylic acids is 1. The monoisotopic (exact) mass is 254 g/mol. The molecule has 0 aromatic heterocycles. The lowest BCUT2D eigenvalue weighted by atomic mass is 10.1. The average Bonchev–Trinajstić information content (AvgIpc) is 2.36. The summed E-state index contributed by atoms with van der Waals surface area (Å²) in [7, 11) is 0. The van der Waals surface area contributed by atoms with Gasteiger partial charge in [0.05, 0.1) is 0 Å². The Hall–Kier alpha value is -2.55. The third kappa shape index (κ3) is 3.45. The number of hydrogen-bond acceptors (Lipinski definition) is 3. The Bertz CT molecular complexity index is 605. The topological polar surface area (TPSA) is 57.5 Å². The number of rotatable bonds is 3. The highest BCUT2D eigenvalue weighted by Crippen LogP contribution is 2.22. The molecule has 0 fully saturated rings. The largest absolute Gasteiger partial charge is 0.508 e. The molecule has 2 aromatic carbocycles. The molecule has 0 heterocycles. The molecule has 0 saturated heterocycles. The van der Waals surface area contributed by atoms with Gasteiger partial charge in [0.2, 0.25) is 0 Å². The molecule has 0 saturated carbocycles. The number of phenolic OH excluding ortho intramolecular Hbond substituents is 2. The molecule has 2 N–H and O–H groups in total. The highest BCUT2D eigenvalue weighted by molar-refractivity contribution is 5.94. The molecule has 0 aliphatic heterocycles. The lowest BCUT2D eigenvalue weighted by Gasteiger charge is -1.99. The van der Waals surface area contributed by atoms with Crippen LogP contribution in [0, 0.1) is 0 Å². The van der Waals surface area contributed by atoms with Crippen molar-refractivity contribution in [1.82, 2.24) is 0 Å². The number of aromatic hydroxyl groups is 2. The Morgan fingerprint density at radius 1 is 0.895 bits per heavy atom. The molecule has 2 aromatic rings. The lowest BCUT2D eigenvalue weighted by molar-refractivity contribution is 0.101. The minimum Gasteiger partial charge on any atom is -0.508 e. The van der Waals surface area contributed by atoms with Gasteiger partial charge in [0.25, 0.3) is 0 Å². The van der Waals surface area contributed by atoms with Crippen molar-refractivity contribution in [2.75, 3.05) is 0 Å². The molecular weight excluding hydrogens is 240 g/mol. The van der Waals surface area contributed by atoms with E-state index in [1.54, 1.807) is 30.3 Å². The molecule has 0 amide bonds. The van der Waals surface area contributed by atoms with Crippen LogP contribution < -0.4 is 0 Å². The van der Waals surface area contributed by atoms with Crippen LogP contribution >= 0.6 is 0 Å². The van der Waals surface area contributed by atoms with Crippen LogP contribution in [0.3, 0.4) is 0 Å². The molecule has 96 valence electrons. The van der Waals surface area contributed by atoms with E-state index in [2.05, 4.69) is 0 Å². The Labute approximate surface area is 111 Å². The van der Waals surface area contributed by atoms with Gasteiger partial charge >= 0.3 is 0 Å². The molecule has 3 nitrogen and oxygen atoms in total. The van der Waals surface area contributed by atoms with E-state index >= 15 is 0 Å². The van der Waals surface area contributed by atoms with Gasteiger partial charge in [0.15, 0.2) is 5.78 Å². The van der Waals surface area contributed by atoms with Gasteiger partial charge in [-0.1, -0.05) is 36.4 Å². The van der Waals surface area contributed by atoms with Crippen molar-refractivity contribution in [2.45, 2.75) is 6.92 Å². The highest BCUT2D eigenvalue weighted by Gasteiger charge is 1.98. The summed E-state index contributed by atoms with van der Waals surface area (Å²) in [5.41, 5.74) is 2.31. The molecule has 0 spiro atoms. The van der Waals surface area contributed by atoms with Crippen LogP contribution in [0.2, 0.25) is 0 Å². The van der Waals surface area contributed by atoms with Crippen LogP contribution in [-0.4, -0.2) is 16.0 Å². The molecule has 0 unspecified atom stereocenters. The Morgan fingerprint density at radius 2 is 1.42 bits per heavy atom. The van der Waals surface area contributed by atoms with Gasteiger partial charge < -0.3 is 10.2 Å². The van der Waals surface area contributed by atoms with Crippen molar-refractivity contribution >= 4 is 17.9 Å². The molecule has 3 heteroatoms. The van der Waals surface area contributed by atoms with E-state index in [1.807, 2.05) is 18.2 Å². The third-order valence-corrected chi connectivity index (χ3v) is 2.71. The maximum atomic E-state index is 11.1. The van der Waals surface area contributed by atoms with Crippen LogP contribution in [-0.2, 0) is 0 Å². The van der Waals surface area contributed by atoms with Crippen molar-refractivity contribution in [2.24, 2.45) is 0 Å². The van der Waals surface area contributed by atoms with E-state index in [1.165, 1.54) is 13.0 Å². The first-order valence-electron chi connectivity index (χ1n) is 5.87. The second kappa shape index (κ2) is 5.40. The van der Waals surface area contributed by atoms with Crippen LogP contribution in [0.5, 0.6) is 11.5 Å². The Balaban J connectivity index is 2.20. The zero-order valence-corrected chi connectivity index (χ0v) is 10.5. The molecule has 0 bridgehead atoms. The summed E-state index contributed by atoms with van der Waals surface area (Å²) in [4.78, 5) is 11.1. The quantitative estimate of drug-likeness (QED) is 0.651. The van der Waals surface area contributed by atoms with E-state index in [4.69, 9.17) is 0 Å². The summed E-state index contributed by atoms with van der Waals surface area (Å²) in [6.45, 7) is 1.53. The minimum absolute atomic E-state index is 0.0200. The normalized spacial score (nSPS) is 10.8. The first kappa shape index (κ1) is 12.9. The summed E-state index contributed by atoms with van der Waals surface area (Å²) >= 11 is 0. The molecule has 0 aliphatic carbocycles. The molecule has 0 aliphatic rings. The van der Waals surface area contributed by atoms with Crippen molar-refractivity contribution in [3.8, 4) is 11.5 Å². The number of phenols is 2. The second-order valence-corrected chi connectivity index (χ2v) is 4.29. The van der Waals surface area contributed by atoms with E-state index in [9.17, 15) is 15.0 Å². The van der Waals surface area contributed by atoms with Crippen molar-refractivity contribution in [3.05, 3.63) is 59.2 Å². The fraction of sp³-hybridized carbons (Fsp3) is 0.0625. The van der Waals surface area contributed by atoms with Crippen LogP contribution in [0.4, 0.5) is 0 Å². The maximum absolute atomic E-state index is 11.1. The SMILES string of the molecule is CC(=O)c1ccc(/C=C/c2cc(O)cc(O)c2)cc1. The van der Waals surface area contributed by atoms with Gasteiger partial charge in [-0.25, -0.2) is 0 Å². The summed E-state index contributed by atoms with van der Waals surface area (Å²) in [5.74, 6) is 0.0755. The average molecular weight is 254 g/mol. The van der Waals surface area contributed by atoms with Crippen molar-refractivity contribution in [3.63, 3.8) is 0 Å². The molecule has 0 radical (unpaired) electrons. The molecule has 0 atom stereocenters. The number of ketones is 1. The first-order chi connectivity index (χ1) is 9.04. The van der Waals surface area contributed by atoms with Gasteiger partial charge in [-0.2, -0.15) is 0 Å². The molecule has 19 heavy (non-hydrogen) atoms. The van der Waals surface area contributed by atoms with Gasteiger partial charge in [-0.15, -0.1) is 0 Å². The third-order valence-electron chi connectivity index (χ3n) is 2.71. The molecular formula is C16H14O3. The summed E-state index contributed by atoms with van der Waals surface area (Å²) in [5, 5.41) is 18.7. The minimum atomic E-state index is 0.0200. The van der Waals surface area contributed by atoms with Crippen LogP contribution in [0.25, 0.3) is 12.2 Å². The van der Waals surface area contributed by atoms with Gasteiger partial charge in [-0.05, 0) is 30.2 Å². The number of hydrogen-bond donors (Lipinski definition) is 2. The summed E-state index contributed by atoms with van der Waals surface area (Å²) in [6, 6.07) is 11.6. The fourth-order valence-electron chi connectivity index (χ4n) is 1.74. The standard InChI is InChI=1S/C16H14O3/c1-11(17)14-6-4-12(5-7-14)2-3-13-8-15(18)10-16(19)9-13/h2-10,18-19H,1H3/b3-2+. The van der Waals surface area contributed by atoms with Crippen LogP contribution in [0.15, 0.2) is 42.5 Å². The smallest absolute Gasteiger partial charge is 0.159 e. The summed E-state index contributed by atoms with van der Waals surface area (Å²) in [6.07, 6.45) is 3.63. The Kier molecular flexibility index (Phi) is 3.66. The number of benzene rings is 2. The summed E-state index contributed by atoms with van der Waals surface area (Å²) < 4.78 is 0. The maximum Gasteiger partial charge on any atom is 0.159 e. The van der Waals surface area contributed by atoms with Gasteiger partial charge in [0.1, 0.15) is 11.5 Å². The zero-order valence-electron chi connectivity index (χ0n) is 10.5. The fourth-order valence-corrected chi connectivity index (χ4v) is 1.74. The first-order valence-corrected chi connectivity index (χ1v) is 5.87. The number of Topliss-reactive ketones (excluding diaryl/α,β-unsaturated/α-hetero) is 1. The van der Waals surface area contributed by atoms with Crippen molar-refractivity contribution < 1.29 is 15.0 Å². The second-order valence-electron chi connectivity index (χ2n) is 4.29. The predicted molar refractivity (Wildman–Crippen MR) is 75.1 cm³/mol.